The van der Waals surface area contributed by atoms with Gasteiger partial charge in [-0.25, -0.2) is 0 Å². The van der Waals surface area contributed by atoms with E-state index in [0.29, 0.717) is 0 Å². The van der Waals surface area contributed by atoms with Gasteiger partial charge in [-0.15, -0.1) is 0 Å². The Morgan fingerprint density at radius 1 is 0.677 bits per heavy atom. The number of carbonyl (C=O) groups is 1. The molecule has 0 aliphatic carbocycles. The van der Waals surface area contributed by atoms with E-state index < -0.39 is 7.26 Å². The molecule has 4 aromatic rings. The summed E-state index contributed by atoms with van der Waals surface area (Å²) in [4.78, 5) is 20.1. The van der Waals surface area contributed by atoms with E-state index >= 15 is 0 Å². The van der Waals surface area contributed by atoms with Gasteiger partial charge in [-0.1, -0.05) is 54.6 Å². The van der Waals surface area contributed by atoms with E-state index in [-0.39, 0.29) is 11.6 Å². The van der Waals surface area contributed by atoms with Gasteiger partial charge in [-0.3, -0.25) is 9.78 Å². The molecule has 0 saturated carbocycles. The van der Waals surface area contributed by atoms with Crippen molar-refractivity contribution in [1.82, 2.24) is 4.98 Å². The third kappa shape index (κ3) is 3.36. The molecule has 0 radical (unpaired) electrons. The average molecular weight is 423 g/mol. The number of benzene rings is 3. The van der Waals surface area contributed by atoms with Crippen molar-refractivity contribution in [3.8, 4) is 0 Å². The van der Waals surface area contributed by atoms with Crippen molar-refractivity contribution in [3.05, 3.63) is 116 Å². The summed E-state index contributed by atoms with van der Waals surface area (Å²) in [7, 11) is -2.22. The molecule has 1 atom stereocenters. The lowest BCUT2D eigenvalue weighted by atomic mass is 10.3. The van der Waals surface area contributed by atoms with Crippen LogP contribution in [-0.2, 0) is 4.79 Å². The van der Waals surface area contributed by atoms with Crippen molar-refractivity contribution in [2.45, 2.75) is 12.1 Å². The first-order valence-corrected chi connectivity index (χ1v) is 12.4. The summed E-state index contributed by atoms with van der Waals surface area (Å²) in [6, 6.07) is 35.8. The van der Waals surface area contributed by atoms with E-state index in [1.165, 1.54) is 15.9 Å². The van der Waals surface area contributed by atoms with E-state index in [1.807, 2.05) is 35.2 Å². The molecule has 1 fully saturated rings. The molecule has 0 bridgehead atoms. The third-order valence-electron chi connectivity index (χ3n) is 6.11. The smallest absolute Gasteiger partial charge is 0.268 e. The minimum Gasteiger partial charge on any atom is -0.309 e. The van der Waals surface area contributed by atoms with Gasteiger partial charge >= 0.3 is 0 Å². The Balaban J connectivity index is 1.74. The van der Waals surface area contributed by atoms with Crippen LogP contribution in [0.3, 0.4) is 0 Å². The molecule has 0 N–H and O–H groups in total. The minimum absolute atomic E-state index is 0.104. The molecule has 152 valence electrons. The fourth-order valence-corrected chi connectivity index (χ4v) is 9.66. The normalized spacial score (nSPS) is 16.5. The molecular weight excluding hydrogens is 399 g/mol. The highest BCUT2D eigenvalue weighted by atomic mass is 31.2. The molecule has 1 amide bonds. The summed E-state index contributed by atoms with van der Waals surface area (Å²) in [5, 5.41) is 3.76. The highest BCUT2D eigenvalue weighted by molar-refractivity contribution is 7.97. The lowest BCUT2D eigenvalue weighted by Crippen LogP contribution is -2.42. The van der Waals surface area contributed by atoms with E-state index in [1.54, 1.807) is 12.4 Å². The van der Waals surface area contributed by atoms with Crippen molar-refractivity contribution in [3.63, 3.8) is 0 Å². The maximum Gasteiger partial charge on any atom is 0.268 e. The zero-order valence-electron chi connectivity index (χ0n) is 17.2. The van der Waals surface area contributed by atoms with Crippen LogP contribution in [0.25, 0.3) is 0 Å². The summed E-state index contributed by atoms with van der Waals surface area (Å²) >= 11 is 0. The SMILES string of the molecule is O=C1C([P+](c2ccccc2)(c2ccccc2)c2ccccc2)CCN1c1ccncc1. The standard InChI is InChI=1S/C27H24N2OP/c30-27-26(18-21-29(27)22-16-19-28-20-17-22)31(23-10-4-1-5-11-23,24-12-6-2-7-13-24)25-14-8-3-9-15-25/h1-17,19-20,26H,18,21H2/q+1. The number of aromatic nitrogens is 1. The zero-order chi connectivity index (χ0) is 21.1. The molecular formula is C27H24N2OP+. The van der Waals surface area contributed by atoms with E-state index in [2.05, 4.69) is 77.8 Å². The largest absolute Gasteiger partial charge is 0.309 e. The van der Waals surface area contributed by atoms with Crippen LogP contribution in [0.5, 0.6) is 0 Å². The maximum absolute atomic E-state index is 14.0. The number of rotatable bonds is 5. The van der Waals surface area contributed by atoms with Crippen LogP contribution >= 0.6 is 7.26 Å². The van der Waals surface area contributed by atoms with Crippen molar-refractivity contribution in [2.24, 2.45) is 0 Å². The molecule has 3 nitrogen and oxygen atoms in total. The summed E-state index contributed by atoms with van der Waals surface area (Å²) in [6.45, 7) is 0.724. The molecule has 1 aromatic heterocycles. The highest BCUT2D eigenvalue weighted by Crippen LogP contribution is 2.62. The summed E-state index contributed by atoms with van der Waals surface area (Å²) in [5.74, 6) is 0.205. The second kappa shape index (κ2) is 8.45. The third-order valence-corrected chi connectivity index (χ3v) is 10.9. The predicted molar refractivity (Wildman–Crippen MR) is 130 cm³/mol. The van der Waals surface area contributed by atoms with Crippen molar-refractivity contribution in [2.75, 3.05) is 11.4 Å². The molecule has 3 aromatic carbocycles. The van der Waals surface area contributed by atoms with Crippen LogP contribution in [-0.4, -0.2) is 23.1 Å². The van der Waals surface area contributed by atoms with Gasteiger partial charge in [-0.2, -0.15) is 0 Å². The number of hydrogen-bond acceptors (Lipinski definition) is 2. The summed E-state index contributed by atoms with van der Waals surface area (Å²) in [5.41, 5.74) is 0.822. The number of hydrogen-bond donors (Lipinski definition) is 0. The Hall–Kier alpha value is -3.29. The van der Waals surface area contributed by atoms with Crippen LogP contribution in [0, 0.1) is 0 Å². The van der Waals surface area contributed by atoms with Crippen molar-refractivity contribution in [1.29, 1.82) is 0 Å². The van der Waals surface area contributed by atoms with Crippen LogP contribution in [0.1, 0.15) is 6.42 Å². The van der Waals surface area contributed by atoms with Gasteiger partial charge in [-0.05, 0) is 48.5 Å². The average Bonchev–Trinajstić information content (AvgIpc) is 3.24. The second-order valence-electron chi connectivity index (χ2n) is 7.73. The van der Waals surface area contributed by atoms with Gasteiger partial charge < -0.3 is 4.90 Å². The minimum atomic E-state index is -2.22. The number of nitrogens with zero attached hydrogens (tertiary/aromatic N) is 2. The first-order valence-electron chi connectivity index (χ1n) is 10.6. The lowest BCUT2D eigenvalue weighted by Gasteiger charge is -2.32. The lowest BCUT2D eigenvalue weighted by molar-refractivity contribution is -0.116. The number of anilines is 1. The Morgan fingerprint density at radius 2 is 1.13 bits per heavy atom. The number of pyridine rings is 1. The fraction of sp³-hybridized carbons (Fsp3) is 0.111. The van der Waals surface area contributed by atoms with Crippen molar-refractivity contribution < 1.29 is 4.79 Å². The van der Waals surface area contributed by atoms with Gasteiger partial charge in [0, 0.05) is 31.0 Å². The van der Waals surface area contributed by atoms with Gasteiger partial charge in [0.25, 0.3) is 5.91 Å². The van der Waals surface area contributed by atoms with Crippen molar-refractivity contribution >= 4 is 34.8 Å². The quantitative estimate of drug-likeness (QED) is 0.451. The van der Waals surface area contributed by atoms with Gasteiger partial charge in [0.05, 0.1) is 0 Å². The number of amides is 1. The first kappa shape index (κ1) is 19.7. The van der Waals surface area contributed by atoms with Crippen LogP contribution < -0.4 is 20.8 Å². The van der Waals surface area contributed by atoms with Gasteiger partial charge in [0.15, 0.2) is 5.66 Å². The van der Waals surface area contributed by atoms with Gasteiger partial charge in [0.1, 0.15) is 23.2 Å². The predicted octanol–water partition coefficient (Wildman–Crippen LogP) is 4.18. The second-order valence-corrected chi connectivity index (χ2v) is 11.3. The van der Waals surface area contributed by atoms with Crippen LogP contribution in [0.4, 0.5) is 5.69 Å². The molecule has 1 aliphatic rings. The fourth-order valence-electron chi connectivity index (χ4n) is 4.78. The maximum atomic E-state index is 14.0. The first-order chi connectivity index (χ1) is 15.3. The Morgan fingerprint density at radius 3 is 1.58 bits per heavy atom. The molecule has 1 aliphatic heterocycles. The molecule has 31 heavy (non-hydrogen) atoms. The van der Waals surface area contributed by atoms with E-state index in [9.17, 15) is 4.79 Å². The summed E-state index contributed by atoms with van der Waals surface area (Å²) < 4.78 is 0. The topological polar surface area (TPSA) is 33.2 Å². The molecule has 1 saturated heterocycles. The zero-order valence-corrected chi connectivity index (χ0v) is 18.1. The molecule has 1 unspecified atom stereocenters. The Kier molecular flexibility index (Phi) is 5.36. The Bertz CT molecular complexity index is 1050. The highest BCUT2D eigenvalue weighted by Gasteiger charge is 2.58. The van der Waals surface area contributed by atoms with E-state index in [4.69, 9.17) is 0 Å². The van der Waals surface area contributed by atoms with Crippen LogP contribution in [0.15, 0.2) is 116 Å². The summed E-state index contributed by atoms with van der Waals surface area (Å²) in [6.07, 6.45) is 4.33. The Labute approximate surface area is 183 Å². The molecule has 0 spiro atoms. The molecule has 4 heteroatoms. The van der Waals surface area contributed by atoms with Gasteiger partial charge in [0.2, 0.25) is 0 Å². The molecule has 2 heterocycles. The molecule has 5 rings (SSSR count). The number of carbonyl (C=O) groups excluding carboxylic acids is 1. The van der Waals surface area contributed by atoms with Crippen LogP contribution in [0.2, 0.25) is 0 Å². The monoisotopic (exact) mass is 423 g/mol. The van der Waals surface area contributed by atoms with E-state index in [0.717, 1.165) is 18.7 Å².